The summed E-state index contributed by atoms with van der Waals surface area (Å²) in [7, 11) is 0. The molecule has 0 unspecified atom stereocenters. The standard InChI is InChI=1S/2Ba.6H2O.Sr.W/h;;6*1H2;;/q2*+2;;;;;;;+2;/p-6. The Morgan fingerprint density at radius 3 is 0.400 bits per heavy atom. The van der Waals surface area contributed by atoms with Gasteiger partial charge in [0.1, 0.15) is 0 Å². The zero-order chi connectivity index (χ0) is 0. The van der Waals surface area contributed by atoms with Gasteiger partial charge in [0.15, 0.2) is 0 Å². The van der Waals surface area contributed by atoms with Crippen LogP contribution in [0.5, 0.6) is 0 Å². The molecule has 0 spiro atoms. The summed E-state index contributed by atoms with van der Waals surface area (Å²) < 4.78 is 0. The molecule has 6 N–H and O–H groups in total. The Morgan fingerprint density at radius 1 is 0.400 bits per heavy atom. The molecule has 0 saturated heterocycles. The van der Waals surface area contributed by atoms with Crippen molar-refractivity contribution < 1.29 is 53.9 Å². The van der Waals surface area contributed by atoms with Crippen molar-refractivity contribution in [1.82, 2.24) is 0 Å². The molecule has 10 heteroatoms. The van der Waals surface area contributed by atoms with E-state index in [0.29, 0.717) is 0 Å². The Morgan fingerprint density at radius 2 is 0.400 bits per heavy atom. The Labute approximate surface area is 191 Å². The summed E-state index contributed by atoms with van der Waals surface area (Å²) in [5, 5.41) is 0. The average Bonchev–Trinajstić information content (AvgIpc) is 0. The van der Waals surface area contributed by atoms with Gasteiger partial charge in [-0.1, -0.05) is 0 Å². The predicted octanol–water partition coefficient (Wildman–Crippen LogP) is -2.21. The first-order valence-corrected chi connectivity index (χ1v) is 0. The fourth-order valence-electron chi connectivity index (χ4n) is 0. The molecule has 0 aromatic heterocycles. The number of rotatable bonds is 0. The van der Waals surface area contributed by atoms with E-state index < -0.39 is 0 Å². The van der Waals surface area contributed by atoms with Gasteiger partial charge in [-0.15, -0.1) is 0 Å². The van der Waals surface area contributed by atoms with Crippen LogP contribution in [-0.4, -0.2) is 176 Å². The summed E-state index contributed by atoms with van der Waals surface area (Å²) >= 11 is 0. The summed E-state index contributed by atoms with van der Waals surface area (Å²) in [6.45, 7) is 0. The van der Waals surface area contributed by atoms with E-state index in [2.05, 4.69) is 0 Å². The summed E-state index contributed by atoms with van der Waals surface area (Å²) in [5.41, 5.74) is 0. The van der Waals surface area contributed by atoms with Gasteiger partial charge in [-0.2, -0.15) is 0 Å². The summed E-state index contributed by atoms with van der Waals surface area (Å²) in [6.07, 6.45) is 0. The van der Waals surface area contributed by atoms with E-state index in [1.54, 1.807) is 0 Å². The minimum absolute atomic E-state index is 0. The smallest absolute Gasteiger partial charge is 0.870 e. The first-order chi connectivity index (χ1) is 0. The maximum atomic E-state index is 0. The van der Waals surface area contributed by atoms with Gasteiger partial charge < -0.3 is 32.9 Å². The van der Waals surface area contributed by atoms with Gasteiger partial charge in [-0.05, 0) is 0 Å². The van der Waals surface area contributed by atoms with Crippen molar-refractivity contribution in [2.75, 3.05) is 0 Å². The minimum Gasteiger partial charge on any atom is -0.870 e. The van der Waals surface area contributed by atoms with E-state index in [-0.39, 0.29) is 197 Å². The van der Waals surface area contributed by atoms with E-state index in [1.165, 1.54) is 0 Å². The second-order valence-electron chi connectivity index (χ2n) is 0. The van der Waals surface area contributed by atoms with Gasteiger partial charge >= 0.3 is 143 Å². The van der Waals surface area contributed by atoms with Crippen molar-refractivity contribution in [3.05, 3.63) is 0 Å². The second-order valence-corrected chi connectivity index (χ2v) is 0. The minimum atomic E-state index is 0. The van der Waals surface area contributed by atoms with Gasteiger partial charge in [0.25, 0.3) is 0 Å². The van der Waals surface area contributed by atoms with E-state index >= 15 is 0 Å². The van der Waals surface area contributed by atoms with Crippen LogP contribution in [0.2, 0.25) is 0 Å². The topological polar surface area (TPSA) is 180 Å². The molecule has 0 saturated carbocycles. The molecule has 0 aliphatic rings. The average molecular weight is 648 g/mol. The molecule has 0 aromatic rings. The third kappa shape index (κ3) is 74.1. The van der Waals surface area contributed by atoms with Gasteiger partial charge in [-0.25, -0.2) is 0 Å². The van der Waals surface area contributed by atoms with Crippen molar-refractivity contribution in [2.45, 2.75) is 0 Å². The van der Waals surface area contributed by atoms with Crippen LogP contribution < -0.4 is 0 Å². The molecule has 0 amide bonds. The van der Waals surface area contributed by atoms with E-state index in [1.807, 2.05) is 0 Å². The first kappa shape index (κ1) is 116. The molecule has 54 valence electrons. The predicted molar refractivity (Wildman–Crippen MR) is 28.9 cm³/mol. The molecule has 0 fully saturated rings. The van der Waals surface area contributed by atoms with Crippen LogP contribution >= 0.6 is 0 Å². The van der Waals surface area contributed by atoms with E-state index in [9.17, 15) is 0 Å². The molecule has 0 rings (SSSR count). The molecule has 10 heavy (non-hydrogen) atoms. The monoisotopic (exact) mass is 650 g/mol. The maximum Gasteiger partial charge on any atom is 2.00 e. The molecule has 0 heterocycles. The van der Waals surface area contributed by atoms with Crippen molar-refractivity contribution in [2.24, 2.45) is 0 Å². The van der Waals surface area contributed by atoms with E-state index in [4.69, 9.17) is 0 Å². The molecule has 0 aromatic carbocycles. The van der Waals surface area contributed by atoms with Crippen molar-refractivity contribution in [3.8, 4) is 0 Å². The molecule has 6 nitrogen and oxygen atoms in total. The molecule has 0 radical (unpaired) electrons. The summed E-state index contributed by atoms with van der Waals surface area (Å²) in [6, 6.07) is 0. The molecule has 0 atom stereocenters. The van der Waals surface area contributed by atoms with Crippen LogP contribution in [0.3, 0.4) is 0 Å². The summed E-state index contributed by atoms with van der Waals surface area (Å²) in [4.78, 5) is 0. The number of hydrogen-bond donors (Lipinski definition) is 0. The van der Waals surface area contributed by atoms with E-state index in [0.717, 1.165) is 0 Å². The largest absolute Gasteiger partial charge is 2.00 e. The fraction of sp³-hybridized carbons (Fsp3) is 0. The van der Waals surface area contributed by atoms with Crippen LogP contribution in [0, 0.1) is 0 Å². The Balaban J connectivity index is 0. The quantitative estimate of drug-likeness (QED) is 0.269. The number of hydrogen-bond acceptors (Lipinski definition) is 6. The Kier molecular flexibility index (Phi) is 1080. The third-order valence-electron chi connectivity index (χ3n) is 0. The SMILES string of the molecule is [Ba+2].[Ba+2].[OH-].[OH-].[OH-].[OH-].[OH-].[OH-].[Sr+2].[W]. The second kappa shape index (κ2) is 93.5. The van der Waals surface area contributed by atoms with Gasteiger partial charge in [-0.3, -0.25) is 0 Å². The van der Waals surface area contributed by atoms with Gasteiger partial charge in [0.2, 0.25) is 0 Å². The van der Waals surface area contributed by atoms with Crippen LogP contribution in [0.1, 0.15) is 0 Å². The van der Waals surface area contributed by atoms with Crippen LogP contribution in [0.4, 0.5) is 0 Å². The van der Waals surface area contributed by atoms with Crippen LogP contribution in [0.25, 0.3) is 0 Å². The maximum absolute atomic E-state index is 0. The first-order valence-electron chi connectivity index (χ1n) is 0. The van der Waals surface area contributed by atoms with Crippen LogP contribution in [-0.2, 0) is 21.1 Å². The molecule has 0 aliphatic heterocycles. The van der Waals surface area contributed by atoms with Crippen molar-refractivity contribution >= 4 is 143 Å². The Hall–Kier alpha value is 5.07. The molecule has 0 aliphatic carbocycles. The van der Waals surface area contributed by atoms with Gasteiger partial charge in [0, 0.05) is 21.1 Å². The normalized spacial score (nSPS) is 0. The molecular weight excluding hydrogens is 642 g/mol. The zero-order valence-corrected chi connectivity index (χ0v) is 20.5. The Bertz CT molecular complexity index is 15.7. The van der Waals surface area contributed by atoms with Crippen molar-refractivity contribution in [1.29, 1.82) is 0 Å². The zero-order valence-electron chi connectivity index (χ0n) is 5.21. The third-order valence-corrected chi connectivity index (χ3v) is 0. The summed E-state index contributed by atoms with van der Waals surface area (Å²) in [5.74, 6) is 0. The van der Waals surface area contributed by atoms with Crippen molar-refractivity contribution in [3.63, 3.8) is 0 Å². The van der Waals surface area contributed by atoms with Gasteiger partial charge in [0.05, 0.1) is 0 Å². The fourth-order valence-corrected chi connectivity index (χ4v) is 0. The molecular formula is H6Ba2O6SrW. The van der Waals surface area contributed by atoms with Crippen LogP contribution in [0.15, 0.2) is 0 Å². The molecule has 0 bridgehead atoms.